The van der Waals surface area contributed by atoms with Crippen LogP contribution in [0.25, 0.3) is 0 Å². The molecule has 3 rings (SSSR count). The molecule has 1 N–H and O–H groups in total. The van der Waals surface area contributed by atoms with E-state index in [0.29, 0.717) is 11.5 Å². The molecular formula is C16H15N3O4S2. The first-order valence-electron chi connectivity index (χ1n) is 7.64. The molecule has 1 atom stereocenters. The van der Waals surface area contributed by atoms with Gasteiger partial charge in [0.25, 0.3) is 15.7 Å². The number of para-hydroxylation sites is 1. The number of nitriles is 1. The topological polar surface area (TPSA) is 113 Å². The Morgan fingerprint density at radius 3 is 2.80 bits per heavy atom. The van der Waals surface area contributed by atoms with Crippen molar-refractivity contribution in [3.8, 4) is 6.07 Å². The van der Waals surface area contributed by atoms with Gasteiger partial charge < -0.3 is 0 Å². The molecule has 1 aliphatic carbocycles. The molecule has 9 heteroatoms. The third kappa shape index (κ3) is 3.23. The molecule has 1 aromatic carbocycles. The van der Waals surface area contributed by atoms with Gasteiger partial charge >= 0.3 is 0 Å². The van der Waals surface area contributed by atoms with Gasteiger partial charge in [-0.1, -0.05) is 19.1 Å². The number of hydrogen-bond acceptors (Lipinski definition) is 6. The lowest BCUT2D eigenvalue weighted by molar-refractivity contribution is -0.387. The van der Waals surface area contributed by atoms with E-state index in [1.54, 1.807) is 0 Å². The molecule has 0 saturated carbocycles. The van der Waals surface area contributed by atoms with Crippen molar-refractivity contribution in [3.05, 3.63) is 50.4 Å². The van der Waals surface area contributed by atoms with E-state index in [4.69, 9.17) is 0 Å². The fourth-order valence-electron chi connectivity index (χ4n) is 2.95. The van der Waals surface area contributed by atoms with Crippen molar-refractivity contribution in [1.29, 1.82) is 5.26 Å². The minimum absolute atomic E-state index is 0.236. The number of thiophene rings is 1. The number of nitro groups is 1. The molecular weight excluding hydrogens is 362 g/mol. The van der Waals surface area contributed by atoms with Crippen LogP contribution in [0.2, 0.25) is 0 Å². The first kappa shape index (κ1) is 17.4. The summed E-state index contributed by atoms with van der Waals surface area (Å²) in [5.41, 5.74) is 0.725. The fraction of sp³-hybridized carbons (Fsp3) is 0.312. The zero-order valence-corrected chi connectivity index (χ0v) is 15.0. The summed E-state index contributed by atoms with van der Waals surface area (Å²) in [6.45, 7) is 2.12. The minimum atomic E-state index is -4.17. The van der Waals surface area contributed by atoms with Gasteiger partial charge in [0.05, 0.1) is 10.5 Å². The Morgan fingerprint density at radius 1 is 1.40 bits per heavy atom. The van der Waals surface area contributed by atoms with Gasteiger partial charge in [-0.15, -0.1) is 11.3 Å². The molecule has 0 amide bonds. The van der Waals surface area contributed by atoms with Gasteiger partial charge in [-0.25, -0.2) is 8.42 Å². The molecule has 1 heterocycles. The summed E-state index contributed by atoms with van der Waals surface area (Å²) < 4.78 is 27.7. The predicted octanol–water partition coefficient (Wildman–Crippen LogP) is 3.45. The van der Waals surface area contributed by atoms with Crippen LogP contribution < -0.4 is 4.72 Å². The Labute approximate surface area is 149 Å². The Kier molecular flexibility index (Phi) is 4.49. The van der Waals surface area contributed by atoms with Gasteiger partial charge in [0.15, 0.2) is 4.90 Å². The minimum Gasteiger partial charge on any atom is -0.269 e. The van der Waals surface area contributed by atoms with Crippen molar-refractivity contribution in [2.45, 2.75) is 31.1 Å². The van der Waals surface area contributed by atoms with Crippen LogP contribution in [0, 0.1) is 27.4 Å². The molecule has 0 radical (unpaired) electrons. The Morgan fingerprint density at radius 2 is 2.12 bits per heavy atom. The van der Waals surface area contributed by atoms with Crippen LogP contribution in [0.5, 0.6) is 0 Å². The van der Waals surface area contributed by atoms with Crippen molar-refractivity contribution in [2.75, 3.05) is 4.72 Å². The Hall–Kier alpha value is -2.44. The second-order valence-electron chi connectivity index (χ2n) is 6.00. The Bertz CT molecular complexity index is 989. The summed E-state index contributed by atoms with van der Waals surface area (Å²) in [6, 6.07) is 7.23. The van der Waals surface area contributed by atoms with Crippen LogP contribution in [-0.4, -0.2) is 13.3 Å². The SMILES string of the molecule is CC1CCc2c(sc(NS(=O)(=O)c3ccccc3[N+](=O)[O-])c2C#N)C1. The monoisotopic (exact) mass is 377 g/mol. The third-order valence-corrected chi connectivity index (χ3v) is 6.90. The molecule has 1 aromatic heterocycles. The first-order valence-corrected chi connectivity index (χ1v) is 9.94. The lowest BCUT2D eigenvalue weighted by Gasteiger charge is -2.17. The molecule has 0 saturated heterocycles. The summed E-state index contributed by atoms with van der Waals surface area (Å²) >= 11 is 1.24. The molecule has 0 aliphatic heterocycles. The largest absolute Gasteiger partial charge is 0.289 e. The highest BCUT2D eigenvalue weighted by Crippen LogP contribution is 2.40. The van der Waals surface area contributed by atoms with Crippen LogP contribution in [0.4, 0.5) is 10.7 Å². The summed E-state index contributed by atoms with van der Waals surface area (Å²) in [6.07, 6.45) is 2.50. The maximum atomic E-state index is 12.7. The van der Waals surface area contributed by atoms with Crippen LogP contribution >= 0.6 is 11.3 Å². The molecule has 1 unspecified atom stereocenters. The quantitative estimate of drug-likeness (QED) is 0.647. The molecule has 0 bridgehead atoms. The van der Waals surface area contributed by atoms with E-state index >= 15 is 0 Å². The predicted molar refractivity (Wildman–Crippen MR) is 94.1 cm³/mol. The lowest BCUT2D eigenvalue weighted by Crippen LogP contribution is -2.14. The summed E-state index contributed by atoms with van der Waals surface area (Å²) in [5.74, 6) is 0.484. The number of anilines is 1. The number of rotatable bonds is 4. The van der Waals surface area contributed by atoms with Crippen molar-refractivity contribution < 1.29 is 13.3 Å². The zero-order chi connectivity index (χ0) is 18.2. The maximum absolute atomic E-state index is 12.7. The summed E-state index contributed by atoms with van der Waals surface area (Å²) in [4.78, 5) is 11.0. The average Bonchev–Trinajstić information content (AvgIpc) is 2.89. The van der Waals surface area contributed by atoms with Gasteiger partial charge in [-0.2, -0.15) is 5.26 Å². The second kappa shape index (κ2) is 6.46. The van der Waals surface area contributed by atoms with Gasteiger partial charge in [0.1, 0.15) is 11.1 Å². The standard InChI is InChI=1S/C16H15N3O4S2/c1-10-6-7-11-12(9-17)16(24-14(11)8-10)18-25(22,23)15-5-3-2-4-13(15)19(20)21/h2-5,10,18H,6-8H2,1H3. The highest BCUT2D eigenvalue weighted by atomic mass is 32.2. The zero-order valence-electron chi connectivity index (χ0n) is 13.4. The van der Waals surface area contributed by atoms with Crippen LogP contribution in [0.3, 0.4) is 0 Å². The van der Waals surface area contributed by atoms with Crippen LogP contribution in [-0.2, 0) is 22.9 Å². The lowest BCUT2D eigenvalue weighted by atomic mass is 9.89. The first-order chi connectivity index (χ1) is 11.8. The fourth-order valence-corrected chi connectivity index (χ4v) is 5.79. The number of nitrogens with one attached hydrogen (secondary N) is 1. The van der Waals surface area contributed by atoms with E-state index in [0.717, 1.165) is 35.8 Å². The van der Waals surface area contributed by atoms with Crippen molar-refractivity contribution in [1.82, 2.24) is 0 Å². The number of sulfonamides is 1. The van der Waals surface area contributed by atoms with E-state index in [2.05, 4.69) is 17.7 Å². The van der Waals surface area contributed by atoms with E-state index in [9.17, 15) is 23.8 Å². The highest BCUT2D eigenvalue weighted by molar-refractivity contribution is 7.93. The van der Waals surface area contributed by atoms with Crippen LogP contribution in [0.1, 0.15) is 29.3 Å². The average molecular weight is 377 g/mol. The van der Waals surface area contributed by atoms with Crippen LogP contribution in [0.15, 0.2) is 29.2 Å². The van der Waals surface area contributed by atoms with E-state index < -0.39 is 25.5 Å². The second-order valence-corrected chi connectivity index (χ2v) is 8.75. The molecule has 0 fully saturated rings. The van der Waals surface area contributed by atoms with E-state index in [-0.39, 0.29) is 5.00 Å². The van der Waals surface area contributed by atoms with E-state index in [1.807, 2.05) is 0 Å². The summed E-state index contributed by atoms with van der Waals surface area (Å²) in [5, 5.41) is 20.8. The Balaban J connectivity index is 2.03. The molecule has 130 valence electrons. The molecule has 0 spiro atoms. The number of nitro benzene ring substituents is 1. The molecule has 1 aliphatic rings. The van der Waals surface area contributed by atoms with Crippen molar-refractivity contribution >= 4 is 32.0 Å². The van der Waals surface area contributed by atoms with E-state index in [1.165, 1.54) is 29.5 Å². The number of hydrogen-bond donors (Lipinski definition) is 1. The smallest absolute Gasteiger partial charge is 0.269 e. The normalized spacial score (nSPS) is 16.7. The highest BCUT2D eigenvalue weighted by Gasteiger charge is 2.29. The molecule has 2 aromatic rings. The van der Waals surface area contributed by atoms with Gasteiger partial charge in [0.2, 0.25) is 0 Å². The number of nitrogens with zero attached hydrogens (tertiary/aromatic N) is 2. The van der Waals surface area contributed by atoms with Gasteiger partial charge in [0, 0.05) is 10.9 Å². The number of benzene rings is 1. The molecule has 7 nitrogen and oxygen atoms in total. The van der Waals surface area contributed by atoms with Gasteiger partial charge in [-0.3, -0.25) is 14.8 Å². The summed E-state index contributed by atoms with van der Waals surface area (Å²) in [7, 11) is -4.17. The third-order valence-electron chi connectivity index (χ3n) is 4.20. The van der Waals surface area contributed by atoms with Crippen molar-refractivity contribution in [3.63, 3.8) is 0 Å². The molecule has 25 heavy (non-hydrogen) atoms. The number of fused-ring (bicyclic) bond motifs is 1. The van der Waals surface area contributed by atoms with Crippen molar-refractivity contribution in [2.24, 2.45) is 5.92 Å². The van der Waals surface area contributed by atoms with Gasteiger partial charge in [-0.05, 0) is 36.8 Å². The maximum Gasteiger partial charge on any atom is 0.289 e.